The summed E-state index contributed by atoms with van der Waals surface area (Å²) in [5.74, 6) is -0.0103. The van der Waals surface area contributed by atoms with Crippen LogP contribution in [0.5, 0.6) is 0 Å². The topological polar surface area (TPSA) is 79.0 Å². The Bertz CT molecular complexity index is 438. The number of amides is 1. The predicted molar refractivity (Wildman–Crippen MR) is 70.3 cm³/mol. The Balaban J connectivity index is 3.01. The lowest BCUT2D eigenvalue weighted by Crippen LogP contribution is -2.19. The summed E-state index contributed by atoms with van der Waals surface area (Å²) in [5, 5.41) is 10.3. The lowest BCUT2D eigenvalue weighted by molar-refractivity contribution is -0.118. The zero-order chi connectivity index (χ0) is 13.0. The van der Waals surface area contributed by atoms with E-state index in [0.717, 1.165) is 17.7 Å². The van der Waals surface area contributed by atoms with Crippen molar-refractivity contribution in [2.24, 2.45) is 11.7 Å². The SMILES string of the molecule is CCc1cc(C(=N)N)ccc1NC(=O)C(C)C. The lowest BCUT2D eigenvalue weighted by atomic mass is 10.0. The predicted octanol–water partition coefficient (Wildman–Crippen LogP) is 2.13. The molecule has 1 rings (SSSR count). The van der Waals surface area contributed by atoms with E-state index >= 15 is 0 Å². The molecule has 0 heterocycles. The highest BCUT2D eigenvalue weighted by atomic mass is 16.1. The molecule has 17 heavy (non-hydrogen) atoms. The zero-order valence-corrected chi connectivity index (χ0v) is 10.5. The monoisotopic (exact) mass is 233 g/mol. The van der Waals surface area contributed by atoms with Gasteiger partial charge in [-0.3, -0.25) is 10.2 Å². The number of aryl methyl sites for hydroxylation is 1. The van der Waals surface area contributed by atoms with Gasteiger partial charge in [-0.1, -0.05) is 20.8 Å². The van der Waals surface area contributed by atoms with Crippen LogP contribution < -0.4 is 11.1 Å². The number of nitrogens with one attached hydrogen (secondary N) is 2. The Morgan fingerprint density at radius 1 is 1.47 bits per heavy atom. The maximum atomic E-state index is 11.6. The number of rotatable bonds is 4. The summed E-state index contributed by atoms with van der Waals surface area (Å²) in [5.41, 5.74) is 7.91. The Morgan fingerprint density at radius 2 is 2.12 bits per heavy atom. The van der Waals surface area contributed by atoms with E-state index in [0.29, 0.717) is 5.56 Å². The van der Waals surface area contributed by atoms with Crippen LogP contribution in [0, 0.1) is 11.3 Å². The minimum atomic E-state index is -0.0489. The Labute approximate surface area is 102 Å². The number of nitrogen functional groups attached to an aromatic ring is 1. The molecule has 0 saturated heterocycles. The van der Waals surface area contributed by atoms with Crippen molar-refractivity contribution in [2.75, 3.05) is 5.32 Å². The molecule has 4 heteroatoms. The highest BCUT2D eigenvalue weighted by Crippen LogP contribution is 2.19. The normalized spacial score (nSPS) is 10.4. The van der Waals surface area contributed by atoms with E-state index in [1.807, 2.05) is 26.8 Å². The van der Waals surface area contributed by atoms with E-state index in [1.54, 1.807) is 12.1 Å². The Hall–Kier alpha value is -1.84. The minimum absolute atomic E-state index is 0.00437. The molecule has 0 aliphatic carbocycles. The fourth-order valence-corrected chi connectivity index (χ4v) is 1.45. The van der Waals surface area contributed by atoms with Crippen molar-refractivity contribution in [3.8, 4) is 0 Å². The van der Waals surface area contributed by atoms with Crippen molar-refractivity contribution in [3.05, 3.63) is 29.3 Å². The Kier molecular flexibility index (Phi) is 4.26. The van der Waals surface area contributed by atoms with Gasteiger partial charge in [0.2, 0.25) is 5.91 Å². The molecule has 0 radical (unpaired) electrons. The maximum Gasteiger partial charge on any atom is 0.226 e. The summed E-state index contributed by atoms with van der Waals surface area (Å²) in [4.78, 5) is 11.6. The van der Waals surface area contributed by atoms with Crippen molar-refractivity contribution in [1.29, 1.82) is 5.41 Å². The maximum absolute atomic E-state index is 11.6. The van der Waals surface area contributed by atoms with Crippen molar-refractivity contribution < 1.29 is 4.79 Å². The molecule has 0 bridgehead atoms. The van der Waals surface area contributed by atoms with Crippen LogP contribution in [0.1, 0.15) is 31.9 Å². The van der Waals surface area contributed by atoms with Crippen LogP contribution in [0.2, 0.25) is 0 Å². The van der Waals surface area contributed by atoms with Gasteiger partial charge in [0.1, 0.15) is 5.84 Å². The first-order chi connectivity index (χ1) is 7.95. The average molecular weight is 233 g/mol. The summed E-state index contributed by atoms with van der Waals surface area (Å²) < 4.78 is 0. The first kappa shape index (κ1) is 13.2. The zero-order valence-electron chi connectivity index (χ0n) is 10.5. The molecule has 0 aliphatic heterocycles. The highest BCUT2D eigenvalue weighted by Gasteiger charge is 2.10. The third-order valence-electron chi connectivity index (χ3n) is 2.58. The molecule has 0 unspecified atom stereocenters. The molecule has 92 valence electrons. The van der Waals surface area contributed by atoms with Gasteiger partial charge in [-0.05, 0) is 30.2 Å². The molecule has 0 atom stereocenters. The molecule has 0 aromatic heterocycles. The number of nitrogens with two attached hydrogens (primary N) is 1. The summed E-state index contributed by atoms with van der Waals surface area (Å²) >= 11 is 0. The average Bonchev–Trinajstić information content (AvgIpc) is 2.28. The smallest absolute Gasteiger partial charge is 0.226 e. The van der Waals surface area contributed by atoms with Crippen molar-refractivity contribution in [2.45, 2.75) is 27.2 Å². The summed E-state index contributed by atoms with van der Waals surface area (Å²) in [6, 6.07) is 5.39. The van der Waals surface area contributed by atoms with Crippen molar-refractivity contribution >= 4 is 17.4 Å². The van der Waals surface area contributed by atoms with E-state index in [4.69, 9.17) is 11.1 Å². The van der Waals surface area contributed by atoms with Gasteiger partial charge in [-0.25, -0.2) is 0 Å². The largest absolute Gasteiger partial charge is 0.384 e. The van der Waals surface area contributed by atoms with Crippen LogP contribution in [0.25, 0.3) is 0 Å². The fourth-order valence-electron chi connectivity index (χ4n) is 1.45. The fraction of sp³-hybridized carbons (Fsp3) is 0.385. The standard InChI is InChI=1S/C13H19N3O/c1-4-9-7-10(12(14)15)5-6-11(9)16-13(17)8(2)3/h5-8H,4H2,1-3H3,(H3,14,15)(H,16,17). The number of benzene rings is 1. The molecule has 0 saturated carbocycles. The summed E-state index contributed by atoms with van der Waals surface area (Å²) in [6.45, 7) is 5.71. The molecule has 4 N–H and O–H groups in total. The Morgan fingerprint density at radius 3 is 2.59 bits per heavy atom. The highest BCUT2D eigenvalue weighted by molar-refractivity contribution is 5.97. The minimum Gasteiger partial charge on any atom is -0.384 e. The molecule has 1 aromatic carbocycles. The van der Waals surface area contributed by atoms with Crippen LogP contribution in [-0.2, 0) is 11.2 Å². The second-order valence-corrected chi connectivity index (χ2v) is 4.28. The summed E-state index contributed by atoms with van der Waals surface area (Å²) in [7, 11) is 0. The molecule has 0 aliphatic rings. The van der Waals surface area contributed by atoms with Crippen molar-refractivity contribution in [1.82, 2.24) is 0 Å². The molecular weight excluding hydrogens is 214 g/mol. The van der Waals surface area contributed by atoms with Gasteiger partial charge >= 0.3 is 0 Å². The second kappa shape index (κ2) is 5.48. The first-order valence-electron chi connectivity index (χ1n) is 5.73. The first-order valence-corrected chi connectivity index (χ1v) is 5.73. The van der Waals surface area contributed by atoms with E-state index in [9.17, 15) is 4.79 Å². The van der Waals surface area contributed by atoms with Gasteiger partial charge in [0.15, 0.2) is 0 Å². The third-order valence-corrected chi connectivity index (χ3v) is 2.58. The number of carbonyl (C=O) groups excluding carboxylic acids is 1. The van der Waals surface area contributed by atoms with E-state index in [1.165, 1.54) is 0 Å². The third kappa shape index (κ3) is 3.31. The van der Waals surface area contributed by atoms with E-state index in [2.05, 4.69) is 5.32 Å². The number of carbonyl (C=O) groups is 1. The second-order valence-electron chi connectivity index (χ2n) is 4.28. The van der Waals surface area contributed by atoms with E-state index < -0.39 is 0 Å². The van der Waals surface area contributed by atoms with Crippen LogP contribution >= 0.6 is 0 Å². The van der Waals surface area contributed by atoms with Gasteiger partial charge in [-0.15, -0.1) is 0 Å². The molecular formula is C13H19N3O. The summed E-state index contributed by atoms with van der Waals surface area (Å²) in [6.07, 6.45) is 0.787. The molecule has 0 fully saturated rings. The number of amidine groups is 1. The number of hydrogen-bond acceptors (Lipinski definition) is 2. The lowest BCUT2D eigenvalue weighted by Gasteiger charge is -2.13. The van der Waals surface area contributed by atoms with Gasteiger partial charge in [0, 0.05) is 17.2 Å². The molecule has 4 nitrogen and oxygen atoms in total. The van der Waals surface area contributed by atoms with Gasteiger partial charge in [0.05, 0.1) is 0 Å². The van der Waals surface area contributed by atoms with E-state index in [-0.39, 0.29) is 17.7 Å². The quantitative estimate of drug-likeness (QED) is 0.550. The number of hydrogen-bond donors (Lipinski definition) is 3. The van der Waals surface area contributed by atoms with Crippen LogP contribution in [0.3, 0.4) is 0 Å². The van der Waals surface area contributed by atoms with Crippen molar-refractivity contribution in [3.63, 3.8) is 0 Å². The van der Waals surface area contributed by atoms with Crippen LogP contribution in [0.15, 0.2) is 18.2 Å². The molecule has 0 spiro atoms. The molecule has 1 amide bonds. The van der Waals surface area contributed by atoms with Crippen LogP contribution in [-0.4, -0.2) is 11.7 Å². The van der Waals surface area contributed by atoms with Gasteiger partial charge in [-0.2, -0.15) is 0 Å². The molecule has 1 aromatic rings. The van der Waals surface area contributed by atoms with Gasteiger partial charge in [0.25, 0.3) is 0 Å². The van der Waals surface area contributed by atoms with Gasteiger partial charge < -0.3 is 11.1 Å². The van der Waals surface area contributed by atoms with Crippen LogP contribution in [0.4, 0.5) is 5.69 Å². The number of anilines is 1.